The van der Waals surface area contributed by atoms with Crippen LogP contribution in [0, 0.1) is 23.5 Å². The summed E-state index contributed by atoms with van der Waals surface area (Å²) in [6.07, 6.45) is 10.2. The molecular weight excluding hydrogens is 544 g/mol. The van der Waals surface area contributed by atoms with Gasteiger partial charge in [-0.3, -0.25) is 14.4 Å². The highest BCUT2D eigenvalue weighted by atomic mass is 19.1. The van der Waals surface area contributed by atoms with Crippen molar-refractivity contribution < 1.29 is 38.1 Å². The van der Waals surface area contributed by atoms with Crippen molar-refractivity contribution in [1.82, 2.24) is 0 Å². The first-order valence-corrected chi connectivity index (χ1v) is 14.8. The highest BCUT2D eigenvalue weighted by Crippen LogP contribution is 2.34. The molecule has 1 fully saturated rings. The number of amides is 1. The quantitative estimate of drug-likeness (QED) is 0.0894. The van der Waals surface area contributed by atoms with Crippen LogP contribution in [0.1, 0.15) is 87.9 Å². The number of hydrogen-bond donors (Lipinski definition) is 3. The molecule has 228 valence electrons. The third-order valence-corrected chi connectivity index (χ3v) is 7.51. The maximum absolute atomic E-state index is 13.3. The van der Waals surface area contributed by atoms with Gasteiger partial charge in [-0.05, 0) is 55.7 Å². The van der Waals surface area contributed by atoms with Crippen LogP contribution in [0.2, 0.25) is 0 Å². The largest absolute Gasteiger partial charge is 0.427 e. The minimum Gasteiger partial charge on any atom is -0.427 e. The Morgan fingerprint density at radius 3 is 2.40 bits per heavy atom. The predicted octanol–water partition coefficient (Wildman–Crippen LogP) is 6.53. The second-order valence-corrected chi connectivity index (χ2v) is 10.9. The fourth-order valence-corrected chi connectivity index (χ4v) is 5.21. The maximum atomic E-state index is 13.3. The number of halogens is 2. The number of rotatable bonds is 16. The van der Waals surface area contributed by atoms with Gasteiger partial charge in [0.2, 0.25) is 0 Å². The van der Waals surface area contributed by atoms with Crippen LogP contribution < -0.4 is 10.1 Å². The molecule has 1 amide bonds. The van der Waals surface area contributed by atoms with Crippen LogP contribution in [0.3, 0.4) is 0 Å². The molecule has 2 aromatic rings. The van der Waals surface area contributed by atoms with Crippen LogP contribution >= 0.6 is 0 Å². The van der Waals surface area contributed by atoms with E-state index in [1.54, 1.807) is 6.08 Å². The SMILES string of the molecule is CCCCCC(O)/C=C/[C@H]1[C@H](O)CC(=O)[C@@H]1CCCCCCC(=O)Oc1ccc(NC(=O)c2cc(F)cc(F)c2)cc1. The molecule has 0 aliphatic heterocycles. The Morgan fingerprint density at radius 2 is 1.71 bits per heavy atom. The minimum absolute atomic E-state index is 0.0645. The Labute approximate surface area is 246 Å². The lowest BCUT2D eigenvalue weighted by Crippen LogP contribution is -2.19. The zero-order valence-corrected chi connectivity index (χ0v) is 24.1. The van der Waals surface area contributed by atoms with Gasteiger partial charge in [0.25, 0.3) is 5.91 Å². The van der Waals surface area contributed by atoms with Crippen molar-refractivity contribution in [3.8, 4) is 5.75 Å². The predicted molar refractivity (Wildman–Crippen MR) is 156 cm³/mol. The molecule has 0 aromatic heterocycles. The second-order valence-electron chi connectivity index (χ2n) is 10.9. The molecule has 1 aliphatic carbocycles. The summed E-state index contributed by atoms with van der Waals surface area (Å²) in [5.41, 5.74) is 0.221. The fraction of sp³-hybridized carbons (Fsp3) is 0.485. The topological polar surface area (TPSA) is 113 Å². The molecule has 1 unspecified atom stereocenters. The van der Waals surface area contributed by atoms with Gasteiger partial charge >= 0.3 is 5.97 Å². The van der Waals surface area contributed by atoms with Crippen molar-refractivity contribution in [2.45, 2.75) is 89.8 Å². The van der Waals surface area contributed by atoms with Gasteiger partial charge in [-0.15, -0.1) is 0 Å². The highest BCUT2D eigenvalue weighted by Gasteiger charge is 2.39. The summed E-state index contributed by atoms with van der Waals surface area (Å²) >= 11 is 0. The standard InChI is InChI=1S/C33H41F2NO6/c1-2-3-6-9-26(37)14-17-29-28(30(38)21-31(29)39)10-7-4-5-8-11-32(40)42-27-15-12-25(13-16-27)36-33(41)22-18-23(34)20-24(35)19-22/h12-20,26,28-29,31,37,39H,2-11,21H2,1H3,(H,36,41)/b17-14+/t26?,28-,29-,31-/m1/s1. The fourth-order valence-electron chi connectivity index (χ4n) is 5.21. The lowest BCUT2D eigenvalue weighted by atomic mass is 9.88. The first kappa shape index (κ1) is 33.1. The molecular formula is C33H41F2NO6. The molecule has 0 saturated heterocycles. The highest BCUT2D eigenvalue weighted by molar-refractivity contribution is 6.04. The first-order chi connectivity index (χ1) is 20.2. The van der Waals surface area contributed by atoms with Gasteiger partial charge in [0.1, 0.15) is 23.2 Å². The number of unbranched alkanes of at least 4 members (excludes halogenated alkanes) is 5. The van der Waals surface area contributed by atoms with Gasteiger partial charge in [0, 0.05) is 42.0 Å². The average molecular weight is 586 g/mol. The maximum Gasteiger partial charge on any atom is 0.311 e. The third kappa shape index (κ3) is 10.8. The zero-order valence-electron chi connectivity index (χ0n) is 24.1. The van der Waals surface area contributed by atoms with Gasteiger partial charge in [-0.2, -0.15) is 0 Å². The van der Waals surface area contributed by atoms with Crippen LogP contribution in [0.5, 0.6) is 5.75 Å². The lowest BCUT2D eigenvalue weighted by Gasteiger charge is -2.18. The van der Waals surface area contributed by atoms with E-state index in [-0.39, 0.29) is 42.0 Å². The Bertz CT molecular complexity index is 1200. The van der Waals surface area contributed by atoms with Crippen molar-refractivity contribution in [3.63, 3.8) is 0 Å². The molecule has 1 aliphatic rings. The summed E-state index contributed by atoms with van der Waals surface area (Å²) in [4.78, 5) is 36.9. The van der Waals surface area contributed by atoms with Crippen molar-refractivity contribution in [2.75, 3.05) is 5.32 Å². The Kier molecular flexibility index (Phi) is 13.3. The summed E-state index contributed by atoms with van der Waals surface area (Å²) in [7, 11) is 0. The summed E-state index contributed by atoms with van der Waals surface area (Å²) in [5.74, 6) is -2.90. The molecule has 0 heterocycles. The van der Waals surface area contributed by atoms with E-state index in [1.807, 2.05) is 6.08 Å². The van der Waals surface area contributed by atoms with E-state index in [4.69, 9.17) is 4.74 Å². The number of aliphatic hydroxyl groups excluding tert-OH is 2. The van der Waals surface area contributed by atoms with Crippen molar-refractivity contribution in [3.05, 3.63) is 71.8 Å². The van der Waals surface area contributed by atoms with Crippen molar-refractivity contribution >= 4 is 23.3 Å². The average Bonchev–Trinajstić information content (AvgIpc) is 3.21. The molecule has 2 aromatic carbocycles. The molecule has 9 heteroatoms. The number of benzene rings is 2. The van der Waals surface area contributed by atoms with Crippen LogP contribution in [-0.4, -0.2) is 40.1 Å². The second kappa shape index (κ2) is 16.9. The van der Waals surface area contributed by atoms with E-state index >= 15 is 0 Å². The van der Waals surface area contributed by atoms with Crippen molar-refractivity contribution in [1.29, 1.82) is 0 Å². The van der Waals surface area contributed by atoms with Crippen LogP contribution in [-0.2, 0) is 9.59 Å². The van der Waals surface area contributed by atoms with Crippen molar-refractivity contribution in [2.24, 2.45) is 11.8 Å². The first-order valence-electron chi connectivity index (χ1n) is 14.8. The number of carbonyl (C=O) groups excluding carboxylic acids is 3. The Balaban J connectivity index is 1.34. The minimum atomic E-state index is -0.849. The number of ether oxygens (including phenoxy) is 1. The van der Waals surface area contributed by atoms with Gasteiger partial charge in [-0.1, -0.05) is 57.6 Å². The molecule has 4 atom stereocenters. The summed E-state index contributed by atoms with van der Waals surface area (Å²) in [6.45, 7) is 2.11. The number of esters is 1. The summed E-state index contributed by atoms with van der Waals surface area (Å²) < 4.78 is 32.0. The lowest BCUT2D eigenvalue weighted by molar-refractivity contribution is -0.134. The summed E-state index contributed by atoms with van der Waals surface area (Å²) in [6, 6.07) is 8.63. The third-order valence-electron chi connectivity index (χ3n) is 7.51. The smallest absolute Gasteiger partial charge is 0.311 e. The number of carbonyl (C=O) groups is 3. The number of Topliss-reactive ketones (excluding diaryl/α,β-unsaturated/α-hetero) is 1. The molecule has 42 heavy (non-hydrogen) atoms. The number of nitrogens with one attached hydrogen (secondary N) is 1. The number of hydrogen-bond acceptors (Lipinski definition) is 6. The normalized spacial score (nSPS) is 19.3. The molecule has 3 rings (SSSR count). The Morgan fingerprint density at radius 1 is 1.02 bits per heavy atom. The number of ketones is 1. The monoisotopic (exact) mass is 585 g/mol. The van der Waals surface area contributed by atoms with Crippen LogP contribution in [0.4, 0.5) is 14.5 Å². The van der Waals surface area contributed by atoms with E-state index < -0.39 is 29.7 Å². The number of aliphatic hydroxyl groups is 2. The molecule has 0 radical (unpaired) electrons. The van der Waals surface area contributed by atoms with E-state index in [0.29, 0.717) is 36.8 Å². The molecule has 7 nitrogen and oxygen atoms in total. The molecule has 3 N–H and O–H groups in total. The molecule has 1 saturated carbocycles. The van der Waals surface area contributed by atoms with Crippen LogP contribution in [0.25, 0.3) is 0 Å². The zero-order chi connectivity index (χ0) is 30.5. The van der Waals surface area contributed by atoms with E-state index in [2.05, 4.69) is 12.2 Å². The van der Waals surface area contributed by atoms with Crippen LogP contribution in [0.15, 0.2) is 54.6 Å². The summed E-state index contributed by atoms with van der Waals surface area (Å²) in [5, 5.41) is 23.0. The molecule has 0 spiro atoms. The Hall–Kier alpha value is -3.43. The van der Waals surface area contributed by atoms with Gasteiger partial charge in [0.15, 0.2) is 0 Å². The van der Waals surface area contributed by atoms with Gasteiger partial charge in [-0.25, -0.2) is 8.78 Å². The van der Waals surface area contributed by atoms with Gasteiger partial charge < -0.3 is 20.3 Å². The van der Waals surface area contributed by atoms with E-state index in [1.165, 1.54) is 24.3 Å². The van der Waals surface area contributed by atoms with Gasteiger partial charge in [0.05, 0.1) is 12.2 Å². The number of anilines is 1. The molecule has 0 bridgehead atoms. The van der Waals surface area contributed by atoms with E-state index in [9.17, 15) is 33.4 Å². The van der Waals surface area contributed by atoms with E-state index in [0.717, 1.165) is 50.7 Å².